The van der Waals surface area contributed by atoms with E-state index >= 15 is 0 Å². The average molecular weight is 301 g/mol. The molecule has 1 aliphatic heterocycles. The molecule has 1 saturated carbocycles. The average Bonchev–Trinajstić information content (AvgIpc) is 3.02. The maximum Gasteiger partial charge on any atom is 0.191 e. The molecule has 0 bridgehead atoms. The van der Waals surface area contributed by atoms with E-state index in [2.05, 4.69) is 22.5 Å². The lowest BCUT2D eigenvalue weighted by Gasteiger charge is -2.29. The highest BCUT2D eigenvalue weighted by Crippen LogP contribution is 2.40. The summed E-state index contributed by atoms with van der Waals surface area (Å²) in [5, 5.41) is 6.65. The third kappa shape index (κ3) is 3.87. The Morgan fingerprint density at radius 1 is 1.35 bits per heavy atom. The van der Waals surface area contributed by atoms with Crippen LogP contribution in [0.3, 0.4) is 0 Å². The second kappa shape index (κ2) is 6.33. The van der Waals surface area contributed by atoms with E-state index in [1.54, 1.807) is 7.05 Å². The van der Waals surface area contributed by atoms with Crippen LogP contribution in [0.25, 0.3) is 0 Å². The van der Waals surface area contributed by atoms with E-state index in [9.17, 15) is 8.42 Å². The summed E-state index contributed by atoms with van der Waals surface area (Å²) >= 11 is 0. The van der Waals surface area contributed by atoms with Gasteiger partial charge in [0.25, 0.3) is 0 Å². The number of hydrogen-bond donors (Lipinski definition) is 2. The van der Waals surface area contributed by atoms with Crippen LogP contribution in [-0.4, -0.2) is 45.5 Å². The number of guanidine groups is 1. The van der Waals surface area contributed by atoms with Crippen molar-refractivity contribution >= 4 is 15.8 Å². The minimum atomic E-state index is -2.84. The van der Waals surface area contributed by atoms with Gasteiger partial charge >= 0.3 is 0 Å². The van der Waals surface area contributed by atoms with Crippen molar-refractivity contribution in [2.75, 3.05) is 25.1 Å². The first-order valence-corrected chi connectivity index (χ1v) is 9.48. The van der Waals surface area contributed by atoms with Crippen molar-refractivity contribution in [3.05, 3.63) is 0 Å². The smallest absolute Gasteiger partial charge is 0.191 e. The highest BCUT2D eigenvalue weighted by Gasteiger charge is 2.33. The normalized spacial score (nSPS) is 28.5. The van der Waals surface area contributed by atoms with Gasteiger partial charge in [-0.25, -0.2) is 8.42 Å². The van der Waals surface area contributed by atoms with Gasteiger partial charge in [0.05, 0.1) is 11.5 Å². The molecule has 20 heavy (non-hydrogen) atoms. The maximum absolute atomic E-state index is 11.5. The Morgan fingerprint density at radius 2 is 2.05 bits per heavy atom. The molecule has 1 aliphatic carbocycles. The van der Waals surface area contributed by atoms with E-state index in [1.165, 1.54) is 32.1 Å². The zero-order valence-electron chi connectivity index (χ0n) is 12.6. The predicted octanol–water partition coefficient (Wildman–Crippen LogP) is 1.31. The third-order valence-electron chi connectivity index (χ3n) is 4.84. The molecule has 2 rings (SSSR count). The second-order valence-corrected chi connectivity index (χ2v) is 8.46. The molecule has 2 aliphatic rings. The van der Waals surface area contributed by atoms with Crippen LogP contribution >= 0.6 is 0 Å². The molecule has 1 unspecified atom stereocenters. The van der Waals surface area contributed by atoms with Gasteiger partial charge in [-0.2, -0.15) is 0 Å². The molecule has 116 valence electrons. The standard InChI is InChI=1S/C14H27N3O2S/c1-3-14(7-4-5-8-14)11-16-13(15-2)17-12-6-9-20(18,19)10-12/h12H,3-11H2,1-2H3,(H2,15,16,17). The fourth-order valence-electron chi connectivity index (χ4n) is 3.35. The highest BCUT2D eigenvalue weighted by molar-refractivity contribution is 7.91. The van der Waals surface area contributed by atoms with Gasteiger partial charge in [-0.3, -0.25) is 4.99 Å². The van der Waals surface area contributed by atoms with Crippen LogP contribution in [-0.2, 0) is 9.84 Å². The van der Waals surface area contributed by atoms with Crippen molar-refractivity contribution in [2.45, 2.75) is 51.5 Å². The number of nitrogens with one attached hydrogen (secondary N) is 2. The van der Waals surface area contributed by atoms with Crippen molar-refractivity contribution in [3.8, 4) is 0 Å². The Kier molecular flexibility index (Phi) is 4.94. The summed E-state index contributed by atoms with van der Waals surface area (Å²) in [7, 11) is -1.10. The maximum atomic E-state index is 11.5. The van der Waals surface area contributed by atoms with Crippen LogP contribution in [0.2, 0.25) is 0 Å². The third-order valence-corrected chi connectivity index (χ3v) is 6.61. The molecule has 2 fully saturated rings. The first-order chi connectivity index (χ1) is 9.49. The van der Waals surface area contributed by atoms with Crippen LogP contribution < -0.4 is 10.6 Å². The molecular weight excluding hydrogens is 274 g/mol. The minimum Gasteiger partial charge on any atom is -0.356 e. The van der Waals surface area contributed by atoms with Crippen molar-refractivity contribution in [2.24, 2.45) is 10.4 Å². The highest BCUT2D eigenvalue weighted by atomic mass is 32.2. The van der Waals surface area contributed by atoms with Crippen LogP contribution in [0.15, 0.2) is 4.99 Å². The molecular formula is C14H27N3O2S. The molecule has 1 atom stereocenters. The molecule has 0 aromatic carbocycles. The lowest BCUT2D eigenvalue weighted by molar-refractivity contribution is 0.283. The van der Waals surface area contributed by atoms with E-state index in [0.717, 1.165) is 12.5 Å². The van der Waals surface area contributed by atoms with Crippen molar-refractivity contribution < 1.29 is 8.42 Å². The van der Waals surface area contributed by atoms with Crippen LogP contribution in [0, 0.1) is 5.41 Å². The summed E-state index contributed by atoms with van der Waals surface area (Å²) < 4.78 is 22.9. The van der Waals surface area contributed by atoms with E-state index in [-0.39, 0.29) is 11.8 Å². The van der Waals surface area contributed by atoms with Gasteiger partial charge < -0.3 is 10.6 Å². The quantitative estimate of drug-likeness (QED) is 0.607. The molecule has 1 saturated heterocycles. The molecule has 0 amide bonds. The summed E-state index contributed by atoms with van der Waals surface area (Å²) in [6, 6.07) is 0.00681. The zero-order chi connectivity index (χ0) is 14.6. The SMILES string of the molecule is CCC1(CNC(=NC)NC2CCS(=O)(=O)C2)CCCC1. The number of hydrogen-bond acceptors (Lipinski definition) is 3. The number of aliphatic imine (C=N–C) groups is 1. The molecule has 1 heterocycles. The predicted molar refractivity (Wildman–Crippen MR) is 82.7 cm³/mol. The van der Waals surface area contributed by atoms with E-state index < -0.39 is 9.84 Å². The molecule has 0 aromatic rings. The van der Waals surface area contributed by atoms with Gasteiger partial charge in [0.15, 0.2) is 15.8 Å². The summed E-state index contributed by atoms with van der Waals surface area (Å²) in [4.78, 5) is 4.23. The molecule has 0 aromatic heterocycles. The summed E-state index contributed by atoms with van der Waals surface area (Å²) in [5.74, 6) is 1.26. The Bertz CT molecular complexity index is 453. The van der Waals surface area contributed by atoms with Gasteiger partial charge in [-0.05, 0) is 31.1 Å². The Morgan fingerprint density at radius 3 is 2.55 bits per heavy atom. The van der Waals surface area contributed by atoms with E-state index in [4.69, 9.17) is 0 Å². The number of sulfone groups is 1. The second-order valence-electron chi connectivity index (χ2n) is 6.23. The summed E-state index contributed by atoms with van der Waals surface area (Å²) in [6.07, 6.45) is 7.08. The van der Waals surface area contributed by atoms with Crippen molar-refractivity contribution in [1.29, 1.82) is 0 Å². The van der Waals surface area contributed by atoms with E-state index in [1.807, 2.05) is 0 Å². The van der Waals surface area contributed by atoms with E-state index in [0.29, 0.717) is 17.6 Å². The zero-order valence-corrected chi connectivity index (χ0v) is 13.4. The van der Waals surface area contributed by atoms with Crippen molar-refractivity contribution in [3.63, 3.8) is 0 Å². The van der Waals surface area contributed by atoms with Gasteiger partial charge in [0, 0.05) is 19.6 Å². The molecule has 0 radical (unpaired) electrons. The molecule has 2 N–H and O–H groups in total. The Balaban J connectivity index is 1.84. The number of rotatable bonds is 4. The molecule has 0 spiro atoms. The Labute approximate surface area is 122 Å². The topological polar surface area (TPSA) is 70.6 Å². The van der Waals surface area contributed by atoms with Gasteiger partial charge in [-0.1, -0.05) is 19.8 Å². The van der Waals surface area contributed by atoms with Gasteiger partial charge in [0.2, 0.25) is 0 Å². The van der Waals surface area contributed by atoms with Crippen LogP contribution in [0.5, 0.6) is 0 Å². The van der Waals surface area contributed by atoms with Crippen molar-refractivity contribution in [1.82, 2.24) is 10.6 Å². The fourth-order valence-corrected chi connectivity index (χ4v) is 5.02. The lowest BCUT2D eigenvalue weighted by atomic mass is 9.83. The summed E-state index contributed by atoms with van der Waals surface area (Å²) in [6.45, 7) is 3.19. The molecule has 5 nitrogen and oxygen atoms in total. The largest absolute Gasteiger partial charge is 0.356 e. The lowest BCUT2D eigenvalue weighted by Crippen LogP contribution is -2.47. The number of nitrogens with zero attached hydrogens (tertiary/aromatic N) is 1. The fraction of sp³-hybridized carbons (Fsp3) is 0.929. The first kappa shape index (κ1) is 15.6. The molecule has 6 heteroatoms. The van der Waals surface area contributed by atoms with Crippen LogP contribution in [0.1, 0.15) is 45.4 Å². The minimum absolute atomic E-state index is 0.00681. The monoisotopic (exact) mass is 301 g/mol. The van der Waals surface area contributed by atoms with Crippen LogP contribution in [0.4, 0.5) is 0 Å². The Hall–Kier alpha value is -0.780. The van der Waals surface area contributed by atoms with Gasteiger partial charge in [0.1, 0.15) is 0 Å². The summed E-state index contributed by atoms with van der Waals surface area (Å²) in [5.41, 5.74) is 0.402. The van der Waals surface area contributed by atoms with Gasteiger partial charge in [-0.15, -0.1) is 0 Å². The first-order valence-electron chi connectivity index (χ1n) is 7.66.